The maximum absolute atomic E-state index is 9.16. The van der Waals surface area contributed by atoms with Crippen molar-refractivity contribution >= 4 is 12.4 Å². The minimum absolute atomic E-state index is 0. The van der Waals surface area contributed by atoms with Gasteiger partial charge in [0.25, 0.3) is 0 Å². The van der Waals surface area contributed by atoms with E-state index in [0.29, 0.717) is 12.1 Å². The van der Waals surface area contributed by atoms with Crippen LogP contribution in [0.15, 0.2) is 0 Å². The van der Waals surface area contributed by atoms with Crippen LogP contribution in [0.3, 0.4) is 0 Å². The van der Waals surface area contributed by atoms with E-state index in [2.05, 4.69) is 25.2 Å². The molecule has 1 N–H and O–H groups in total. The molecule has 0 amide bonds. The maximum atomic E-state index is 9.16. The third kappa shape index (κ3) is 3.36. The summed E-state index contributed by atoms with van der Waals surface area (Å²) in [7, 11) is 0. The Morgan fingerprint density at radius 3 is 2.29 bits per heavy atom. The van der Waals surface area contributed by atoms with Gasteiger partial charge in [-0.05, 0) is 45.4 Å². The van der Waals surface area contributed by atoms with Crippen molar-refractivity contribution in [1.82, 2.24) is 5.32 Å². The van der Waals surface area contributed by atoms with E-state index in [4.69, 9.17) is 5.26 Å². The van der Waals surface area contributed by atoms with Crippen molar-refractivity contribution in [2.45, 2.75) is 70.9 Å². The van der Waals surface area contributed by atoms with Gasteiger partial charge in [0.2, 0.25) is 0 Å². The molecule has 0 spiro atoms. The molecule has 1 aliphatic carbocycles. The van der Waals surface area contributed by atoms with E-state index >= 15 is 0 Å². The summed E-state index contributed by atoms with van der Waals surface area (Å²) in [6.45, 7) is 4.13. The fourth-order valence-electron chi connectivity index (χ4n) is 3.33. The average molecular weight is 257 g/mol. The first-order valence-electron chi connectivity index (χ1n) is 6.81. The smallest absolute Gasteiger partial charge is 0.0700 e. The van der Waals surface area contributed by atoms with Gasteiger partial charge in [-0.2, -0.15) is 5.26 Å². The zero-order chi connectivity index (χ0) is 11.6. The standard InChI is InChI=1S/C14H24N2.ClH/c1-14(2,10-15)13-9-8-12(16-13)11-6-4-3-5-7-11;/h11-13,16H,3-9H2,1-2H3;1H/t12-,13+;/m0./s1. The lowest BCUT2D eigenvalue weighted by Gasteiger charge is -2.30. The topological polar surface area (TPSA) is 35.8 Å². The first-order chi connectivity index (χ1) is 7.63. The van der Waals surface area contributed by atoms with Crippen molar-refractivity contribution in [3.05, 3.63) is 0 Å². The summed E-state index contributed by atoms with van der Waals surface area (Å²) in [5, 5.41) is 12.9. The predicted molar refractivity (Wildman–Crippen MR) is 73.2 cm³/mol. The highest BCUT2D eigenvalue weighted by atomic mass is 35.5. The van der Waals surface area contributed by atoms with E-state index in [-0.39, 0.29) is 17.8 Å². The molecule has 2 fully saturated rings. The molecule has 2 atom stereocenters. The van der Waals surface area contributed by atoms with Gasteiger partial charge >= 0.3 is 0 Å². The molecule has 17 heavy (non-hydrogen) atoms. The number of hydrogen-bond donors (Lipinski definition) is 1. The molecule has 1 heterocycles. The number of nitriles is 1. The quantitative estimate of drug-likeness (QED) is 0.819. The second-order valence-electron chi connectivity index (χ2n) is 6.13. The Morgan fingerprint density at radius 1 is 1.06 bits per heavy atom. The second kappa shape index (κ2) is 6.07. The van der Waals surface area contributed by atoms with Crippen LogP contribution in [0.25, 0.3) is 0 Å². The zero-order valence-electron chi connectivity index (χ0n) is 11.0. The molecule has 0 unspecified atom stereocenters. The molecule has 2 nitrogen and oxygen atoms in total. The molecule has 0 aromatic heterocycles. The molecule has 2 aliphatic rings. The monoisotopic (exact) mass is 256 g/mol. The summed E-state index contributed by atoms with van der Waals surface area (Å²) in [5.41, 5.74) is -0.205. The molecule has 1 aliphatic heterocycles. The van der Waals surface area contributed by atoms with E-state index in [1.165, 1.54) is 44.9 Å². The molecule has 1 saturated heterocycles. The summed E-state index contributed by atoms with van der Waals surface area (Å²) in [6, 6.07) is 3.54. The van der Waals surface area contributed by atoms with E-state index in [0.717, 1.165) is 5.92 Å². The highest BCUT2D eigenvalue weighted by Gasteiger charge is 2.38. The molecule has 0 aromatic rings. The van der Waals surface area contributed by atoms with Gasteiger partial charge in [-0.3, -0.25) is 0 Å². The Kier molecular flexibility index (Phi) is 5.28. The number of rotatable bonds is 2. The van der Waals surface area contributed by atoms with Crippen molar-refractivity contribution in [3.8, 4) is 6.07 Å². The Balaban J connectivity index is 0.00000144. The largest absolute Gasteiger partial charge is 0.309 e. The molecular weight excluding hydrogens is 232 g/mol. The van der Waals surface area contributed by atoms with Crippen molar-refractivity contribution in [2.24, 2.45) is 11.3 Å². The van der Waals surface area contributed by atoms with Crippen molar-refractivity contribution in [3.63, 3.8) is 0 Å². The summed E-state index contributed by atoms with van der Waals surface area (Å²) in [6.07, 6.45) is 9.51. The molecule has 1 saturated carbocycles. The van der Waals surface area contributed by atoms with Crippen LogP contribution in [-0.2, 0) is 0 Å². The average Bonchev–Trinajstić information content (AvgIpc) is 2.80. The molecule has 0 radical (unpaired) electrons. The number of halogens is 1. The van der Waals surface area contributed by atoms with E-state index < -0.39 is 0 Å². The summed E-state index contributed by atoms with van der Waals surface area (Å²) < 4.78 is 0. The van der Waals surface area contributed by atoms with Crippen LogP contribution in [0.2, 0.25) is 0 Å². The molecular formula is C14H25ClN2. The Morgan fingerprint density at radius 2 is 1.71 bits per heavy atom. The lowest BCUT2D eigenvalue weighted by Crippen LogP contribution is -2.42. The van der Waals surface area contributed by atoms with Gasteiger partial charge in [0.15, 0.2) is 0 Å². The van der Waals surface area contributed by atoms with Crippen LogP contribution in [-0.4, -0.2) is 12.1 Å². The van der Waals surface area contributed by atoms with Crippen LogP contribution in [0.4, 0.5) is 0 Å². The maximum Gasteiger partial charge on any atom is 0.0700 e. The van der Waals surface area contributed by atoms with Gasteiger partial charge in [0.1, 0.15) is 0 Å². The molecule has 98 valence electrons. The van der Waals surface area contributed by atoms with Crippen LogP contribution >= 0.6 is 12.4 Å². The van der Waals surface area contributed by atoms with Gasteiger partial charge < -0.3 is 5.32 Å². The third-order valence-electron chi connectivity index (χ3n) is 4.56. The number of nitrogens with zero attached hydrogens (tertiary/aromatic N) is 1. The molecule has 0 aromatic carbocycles. The Bertz CT molecular complexity index is 276. The van der Waals surface area contributed by atoms with E-state index in [9.17, 15) is 0 Å². The molecule has 0 bridgehead atoms. The van der Waals surface area contributed by atoms with Crippen molar-refractivity contribution in [2.75, 3.05) is 0 Å². The fraction of sp³-hybridized carbons (Fsp3) is 0.929. The predicted octanol–water partition coefficient (Wildman–Crippen LogP) is 3.66. The lowest BCUT2D eigenvalue weighted by atomic mass is 9.83. The van der Waals surface area contributed by atoms with Crippen LogP contribution in [0.5, 0.6) is 0 Å². The normalized spacial score (nSPS) is 30.6. The minimum atomic E-state index is -0.205. The zero-order valence-corrected chi connectivity index (χ0v) is 11.9. The van der Waals surface area contributed by atoms with Gasteiger partial charge in [0, 0.05) is 12.1 Å². The van der Waals surface area contributed by atoms with Gasteiger partial charge in [-0.15, -0.1) is 12.4 Å². The van der Waals surface area contributed by atoms with Gasteiger partial charge in [0.05, 0.1) is 11.5 Å². The van der Waals surface area contributed by atoms with Gasteiger partial charge in [-0.25, -0.2) is 0 Å². The van der Waals surface area contributed by atoms with Crippen molar-refractivity contribution < 1.29 is 0 Å². The van der Waals surface area contributed by atoms with Gasteiger partial charge in [-0.1, -0.05) is 19.3 Å². The first-order valence-corrected chi connectivity index (χ1v) is 6.81. The second-order valence-corrected chi connectivity index (χ2v) is 6.13. The summed E-state index contributed by atoms with van der Waals surface area (Å²) in [4.78, 5) is 0. The van der Waals surface area contributed by atoms with Crippen molar-refractivity contribution in [1.29, 1.82) is 5.26 Å². The highest BCUT2D eigenvalue weighted by molar-refractivity contribution is 5.85. The van der Waals surface area contributed by atoms with Crippen LogP contribution < -0.4 is 5.32 Å². The summed E-state index contributed by atoms with van der Waals surface area (Å²) in [5.74, 6) is 0.883. The lowest BCUT2D eigenvalue weighted by molar-refractivity contribution is 0.262. The SMILES string of the molecule is CC(C)(C#N)[C@H]1CC[C@@H](C2CCCCC2)N1.Cl. The highest BCUT2D eigenvalue weighted by Crippen LogP contribution is 2.35. The number of hydrogen-bond acceptors (Lipinski definition) is 2. The molecule has 2 rings (SSSR count). The number of nitrogens with one attached hydrogen (secondary N) is 1. The van der Waals surface area contributed by atoms with E-state index in [1.54, 1.807) is 0 Å². The van der Waals surface area contributed by atoms with Crippen LogP contribution in [0, 0.1) is 22.7 Å². The minimum Gasteiger partial charge on any atom is -0.309 e. The Hall–Kier alpha value is -0.260. The summed E-state index contributed by atoms with van der Waals surface area (Å²) >= 11 is 0. The van der Waals surface area contributed by atoms with E-state index in [1.807, 2.05) is 0 Å². The third-order valence-corrected chi connectivity index (χ3v) is 4.56. The van der Waals surface area contributed by atoms with Crippen LogP contribution in [0.1, 0.15) is 58.8 Å². The Labute approximate surface area is 112 Å². The first kappa shape index (κ1) is 14.8. The molecule has 3 heteroatoms. The fourth-order valence-corrected chi connectivity index (χ4v) is 3.33.